The van der Waals surface area contributed by atoms with E-state index in [0.29, 0.717) is 17.1 Å². The molecule has 2 N–H and O–H groups in total. The van der Waals surface area contributed by atoms with Crippen molar-refractivity contribution >= 4 is 52.2 Å². The molecule has 3 heterocycles. The first-order chi connectivity index (χ1) is 21.8. The summed E-state index contributed by atoms with van der Waals surface area (Å²) in [5.41, 5.74) is 4.34. The van der Waals surface area contributed by atoms with Crippen LogP contribution in [0.2, 0.25) is 0 Å². The topological polar surface area (TPSA) is 109 Å². The molecular formula is C35H31N3O5S2. The van der Waals surface area contributed by atoms with Crippen molar-refractivity contribution in [1.29, 1.82) is 0 Å². The van der Waals surface area contributed by atoms with E-state index in [1.807, 2.05) is 86.6 Å². The molecule has 3 amide bonds. The number of aryl methyl sites for hydroxylation is 2. The van der Waals surface area contributed by atoms with Crippen LogP contribution >= 0.6 is 23.1 Å². The number of hydrogen-bond acceptors (Lipinski definition) is 7. The average Bonchev–Trinajstić information content (AvgIpc) is 3.76. The van der Waals surface area contributed by atoms with E-state index in [9.17, 15) is 19.2 Å². The Morgan fingerprint density at radius 2 is 1.69 bits per heavy atom. The molecule has 4 aromatic rings. The van der Waals surface area contributed by atoms with Crippen molar-refractivity contribution in [3.63, 3.8) is 0 Å². The number of fused-ring (bicyclic) bond motifs is 9. The molecule has 8 nitrogen and oxygen atoms in total. The van der Waals surface area contributed by atoms with Gasteiger partial charge >= 0.3 is 4.87 Å². The number of anilines is 2. The number of carbonyl (C=O) groups is 3. The summed E-state index contributed by atoms with van der Waals surface area (Å²) in [6.45, 7) is 3.77. The third-order valence-corrected chi connectivity index (χ3v) is 12.5. The zero-order valence-electron chi connectivity index (χ0n) is 24.7. The quantitative estimate of drug-likeness (QED) is 0.261. The normalized spacial score (nSPS) is 27.7. The van der Waals surface area contributed by atoms with Crippen LogP contribution in [0.15, 0.2) is 82.6 Å². The minimum absolute atomic E-state index is 0.0163. The summed E-state index contributed by atoms with van der Waals surface area (Å²) in [7, 11) is 0. The van der Waals surface area contributed by atoms with E-state index in [1.54, 1.807) is 11.8 Å². The van der Waals surface area contributed by atoms with Crippen LogP contribution in [-0.2, 0) is 14.4 Å². The van der Waals surface area contributed by atoms with E-state index < -0.39 is 5.92 Å². The third kappa shape index (κ3) is 4.56. The Morgan fingerprint density at radius 3 is 2.47 bits per heavy atom. The summed E-state index contributed by atoms with van der Waals surface area (Å²) in [6, 6.07) is 22.8. The number of amides is 3. The molecule has 1 saturated heterocycles. The van der Waals surface area contributed by atoms with E-state index in [0.717, 1.165) is 33.0 Å². The fourth-order valence-electron chi connectivity index (χ4n) is 8.25. The van der Waals surface area contributed by atoms with Crippen molar-refractivity contribution in [3.8, 4) is 5.75 Å². The minimum atomic E-state index is -0.390. The lowest BCUT2D eigenvalue weighted by Gasteiger charge is -2.43. The van der Waals surface area contributed by atoms with Crippen LogP contribution in [0.25, 0.3) is 0 Å². The first-order valence-corrected chi connectivity index (χ1v) is 16.9. The molecule has 2 saturated carbocycles. The second kappa shape index (κ2) is 10.7. The van der Waals surface area contributed by atoms with Gasteiger partial charge in [-0.15, -0.1) is 11.8 Å². The molecule has 2 aliphatic heterocycles. The number of H-pyrrole nitrogens is 1. The van der Waals surface area contributed by atoms with Gasteiger partial charge in [0.1, 0.15) is 5.75 Å². The number of nitrogens with zero attached hydrogens (tertiary/aromatic N) is 1. The smallest absolute Gasteiger partial charge is 0.305 e. The van der Waals surface area contributed by atoms with Crippen molar-refractivity contribution in [2.75, 3.05) is 16.8 Å². The summed E-state index contributed by atoms with van der Waals surface area (Å²) in [5.74, 6) is -0.840. The van der Waals surface area contributed by atoms with Crippen molar-refractivity contribution < 1.29 is 19.1 Å². The standard InChI is InChI=1S/C35H31N3O5S2/c1-17-10-12-20(13-11-17)38-33(40)28-22-15-23(29(28)34(38)41)30-27(22)26(31-32(44-30)37-35(42)45-31)21-8-3-4-9-24(21)43-16-25(39)36-19-7-5-6-18(2)14-19/h3-14,22-23,26-30H,15-16H2,1-2H3,(H,36,39)(H,37,42)/t22?,23?,26-,27?,28?,29?,30?/m1/s1. The summed E-state index contributed by atoms with van der Waals surface area (Å²) in [6.07, 6.45) is 0.800. The molecule has 6 unspecified atom stereocenters. The highest BCUT2D eigenvalue weighted by atomic mass is 32.2. The monoisotopic (exact) mass is 637 g/mol. The molecule has 4 aliphatic rings. The molecule has 3 aromatic carbocycles. The van der Waals surface area contributed by atoms with Gasteiger partial charge < -0.3 is 15.0 Å². The van der Waals surface area contributed by atoms with Crippen molar-refractivity contribution in [1.82, 2.24) is 4.98 Å². The fourth-order valence-corrected chi connectivity index (χ4v) is 11.1. The van der Waals surface area contributed by atoms with Crippen molar-refractivity contribution in [2.24, 2.45) is 29.6 Å². The van der Waals surface area contributed by atoms with Gasteiger partial charge in [-0.1, -0.05) is 59.4 Å². The highest BCUT2D eigenvalue weighted by Crippen LogP contribution is 2.69. The largest absolute Gasteiger partial charge is 0.483 e. The number of aromatic nitrogens is 1. The SMILES string of the molecule is Cc1ccc(N2C(=O)C3C4CC(C3C2=O)C2C4Sc3[nH]c(=O)sc3[C@@H]2c2ccccc2OCC(=O)Nc2cccc(C)c2)cc1. The Balaban J connectivity index is 1.12. The molecule has 0 spiro atoms. The number of nitrogens with one attached hydrogen (secondary N) is 2. The number of imide groups is 1. The maximum atomic E-state index is 14.0. The van der Waals surface area contributed by atoms with E-state index in [-0.39, 0.29) is 64.0 Å². The highest BCUT2D eigenvalue weighted by Gasteiger charge is 2.69. The summed E-state index contributed by atoms with van der Waals surface area (Å²) < 4.78 is 6.18. The lowest BCUT2D eigenvalue weighted by molar-refractivity contribution is -0.123. The Morgan fingerprint density at radius 1 is 0.933 bits per heavy atom. The molecule has 3 fully saturated rings. The van der Waals surface area contributed by atoms with Crippen LogP contribution < -0.4 is 19.8 Å². The Hall–Kier alpha value is -4.15. The molecule has 0 radical (unpaired) electrons. The van der Waals surface area contributed by atoms with Gasteiger partial charge in [-0.25, -0.2) is 0 Å². The predicted octanol–water partition coefficient (Wildman–Crippen LogP) is 5.75. The number of rotatable bonds is 6. The molecule has 2 aliphatic carbocycles. The van der Waals surface area contributed by atoms with Gasteiger partial charge in [-0.05, 0) is 73.9 Å². The lowest BCUT2D eigenvalue weighted by atomic mass is 9.68. The molecule has 8 rings (SSSR count). The van der Waals surface area contributed by atoms with Crippen LogP contribution in [0.4, 0.5) is 11.4 Å². The van der Waals surface area contributed by atoms with Gasteiger partial charge in [-0.2, -0.15) is 0 Å². The maximum Gasteiger partial charge on any atom is 0.305 e. The number of aromatic amines is 1. The van der Waals surface area contributed by atoms with Crippen molar-refractivity contribution in [3.05, 3.63) is 104 Å². The van der Waals surface area contributed by atoms with E-state index in [2.05, 4.69) is 10.3 Å². The summed E-state index contributed by atoms with van der Waals surface area (Å²) in [5, 5.41) is 3.79. The van der Waals surface area contributed by atoms with E-state index >= 15 is 0 Å². The second-order valence-corrected chi connectivity index (χ2v) is 14.8. The Labute approximate surface area is 268 Å². The van der Waals surface area contributed by atoms with Gasteiger partial charge in [0.25, 0.3) is 5.91 Å². The zero-order chi connectivity index (χ0) is 31.0. The summed E-state index contributed by atoms with van der Waals surface area (Å²) >= 11 is 2.86. The van der Waals surface area contributed by atoms with E-state index in [4.69, 9.17) is 4.74 Å². The van der Waals surface area contributed by atoms with Crippen LogP contribution in [0.1, 0.15) is 33.9 Å². The van der Waals surface area contributed by atoms with Gasteiger partial charge in [0.15, 0.2) is 6.61 Å². The number of ether oxygens (including phenoxy) is 1. The predicted molar refractivity (Wildman–Crippen MR) is 174 cm³/mol. The van der Waals surface area contributed by atoms with Crippen LogP contribution in [0.5, 0.6) is 5.75 Å². The number of hydrogen-bond donors (Lipinski definition) is 2. The molecule has 45 heavy (non-hydrogen) atoms. The molecule has 2 bridgehead atoms. The van der Waals surface area contributed by atoms with E-state index in [1.165, 1.54) is 16.2 Å². The number of thioether (sulfide) groups is 1. The second-order valence-electron chi connectivity index (χ2n) is 12.6. The molecule has 1 aromatic heterocycles. The van der Waals surface area contributed by atoms with Gasteiger partial charge in [-0.3, -0.25) is 24.1 Å². The number of thiazole rings is 1. The van der Waals surface area contributed by atoms with Crippen molar-refractivity contribution in [2.45, 2.75) is 36.5 Å². The van der Waals surface area contributed by atoms with Gasteiger partial charge in [0.05, 0.1) is 22.5 Å². The van der Waals surface area contributed by atoms with Gasteiger partial charge in [0, 0.05) is 27.3 Å². The average molecular weight is 638 g/mol. The highest BCUT2D eigenvalue weighted by molar-refractivity contribution is 8.00. The van der Waals surface area contributed by atoms with Gasteiger partial charge in [0.2, 0.25) is 11.8 Å². The Bertz CT molecular complexity index is 1920. The first-order valence-electron chi connectivity index (χ1n) is 15.2. The minimum Gasteiger partial charge on any atom is -0.483 e. The van der Waals surface area contributed by atoms with Crippen LogP contribution in [0.3, 0.4) is 0 Å². The maximum absolute atomic E-state index is 14.0. The Kier molecular flexibility index (Phi) is 6.76. The third-order valence-electron chi connectivity index (χ3n) is 9.93. The van der Waals surface area contributed by atoms with Crippen LogP contribution in [-0.4, -0.2) is 34.6 Å². The van der Waals surface area contributed by atoms with Crippen LogP contribution in [0, 0.1) is 43.4 Å². The molecule has 228 valence electrons. The zero-order valence-corrected chi connectivity index (χ0v) is 26.3. The number of carbonyl (C=O) groups excluding carboxylic acids is 3. The lowest BCUT2D eigenvalue weighted by Crippen LogP contribution is -2.42. The first kappa shape index (κ1) is 28.3. The molecule has 7 atom stereocenters. The number of benzene rings is 3. The molecule has 10 heteroatoms. The fraction of sp³-hybridized carbons (Fsp3) is 0.314. The number of para-hydroxylation sites is 1. The summed E-state index contributed by atoms with van der Waals surface area (Å²) in [4.78, 5) is 58.8. The molecular weight excluding hydrogens is 607 g/mol.